The van der Waals surface area contributed by atoms with Crippen molar-refractivity contribution in [1.82, 2.24) is 0 Å². The van der Waals surface area contributed by atoms with Crippen LogP contribution in [0.2, 0.25) is 0 Å². The van der Waals surface area contributed by atoms with Crippen molar-refractivity contribution in [2.24, 2.45) is 34.0 Å². The average Bonchev–Trinajstić information content (AvgIpc) is 3.40. The molecule has 2 heterocycles. The van der Waals surface area contributed by atoms with Crippen molar-refractivity contribution >= 4 is 5.78 Å². The molecule has 0 aromatic rings. The van der Waals surface area contributed by atoms with Crippen LogP contribution in [0.3, 0.4) is 0 Å². The lowest BCUT2D eigenvalue weighted by Crippen LogP contribution is -2.64. The van der Waals surface area contributed by atoms with Gasteiger partial charge in [-0.3, -0.25) is 4.79 Å². The van der Waals surface area contributed by atoms with Crippen LogP contribution in [-0.2, 0) is 23.7 Å². The standard InChI is InChI=1S/C24H36O5/c1-20-8-9-23(26-10-11-27-23)15-22(20,3)19(25)14-16-17(20)4-6-21(2)18(16)5-7-24(21)28-12-13-29-24/h16-18H,4-15H2,1-3H3. The second-order valence-electron chi connectivity index (χ2n) is 11.5. The summed E-state index contributed by atoms with van der Waals surface area (Å²) in [5, 5.41) is 0. The van der Waals surface area contributed by atoms with Crippen LogP contribution in [0.5, 0.6) is 0 Å². The third-order valence-electron chi connectivity index (χ3n) is 10.8. The molecule has 2 aliphatic heterocycles. The Balaban J connectivity index is 1.35. The van der Waals surface area contributed by atoms with E-state index in [9.17, 15) is 4.79 Å². The molecule has 0 N–H and O–H groups in total. The molecular weight excluding hydrogens is 368 g/mol. The van der Waals surface area contributed by atoms with Crippen LogP contribution >= 0.6 is 0 Å². The zero-order valence-corrected chi connectivity index (χ0v) is 18.3. The summed E-state index contributed by atoms with van der Waals surface area (Å²) < 4.78 is 24.6. The van der Waals surface area contributed by atoms with Crippen LogP contribution < -0.4 is 0 Å². The van der Waals surface area contributed by atoms with Crippen molar-refractivity contribution in [2.75, 3.05) is 26.4 Å². The highest BCUT2D eigenvalue weighted by Gasteiger charge is 2.71. The SMILES string of the molecule is CC12CC3(CCC1(C)C1CCC4(C)C(CCC45OCCO5)C1CC2=O)OCCO3. The summed E-state index contributed by atoms with van der Waals surface area (Å²) in [5.41, 5.74) is -0.272. The van der Waals surface area contributed by atoms with Gasteiger partial charge in [-0.2, -0.15) is 0 Å². The van der Waals surface area contributed by atoms with Gasteiger partial charge in [-0.05, 0) is 48.9 Å². The van der Waals surface area contributed by atoms with Gasteiger partial charge < -0.3 is 18.9 Å². The maximum Gasteiger partial charge on any atom is 0.174 e. The van der Waals surface area contributed by atoms with E-state index in [-0.39, 0.29) is 16.2 Å². The zero-order chi connectivity index (χ0) is 20.1. The van der Waals surface area contributed by atoms with Crippen molar-refractivity contribution in [3.8, 4) is 0 Å². The lowest BCUT2D eigenvalue weighted by Gasteiger charge is -2.65. The Bertz CT molecular complexity index is 723. The molecule has 162 valence electrons. The Hall–Kier alpha value is -0.490. The molecule has 6 fully saturated rings. The highest BCUT2D eigenvalue weighted by Crippen LogP contribution is 2.72. The molecule has 0 amide bonds. The average molecular weight is 405 g/mol. The number of hydrogen-bond acceptors (Lipinski definition) is 5. The molecule has 0 bridgehead atoms. The summed E-state index contributed by atoms with van der Waals surface area (Å²) in [6, 6.07) is 0. The van der Waals surface area contributed by atoms with Crippen LogP contribution in [0, 0.1) is 34.0 Å². The molecule has 4 aliphatic carbocycles. The van der Waals surface area contributed by atoms with E-state index in [0.717, 1.165) is 38.5 Å². The van der Waals surface area contributed by atoms with Gasteiger partial charge in [0.1, 0.15) is 5.78 Å². The molecule has 5 nitrogen and oxygen atoms in total. The number of hydrogen-bond donors (Lipinski definition) is 0. The third-order valence-corrected chi connectivity index (χ3v) is 10.8. The molecule has 5 heteroatoms. The maximum atomic E-state index is 13.8. The Morgan fingerprint density at radius 2 is 1.38 bits per heavy atom. The maximum absolute atomic E-state index is 13.8. The number of ether oxygens (including phenoxy) is 4. The summed E-state index contributed by atoms with van der Waals surface area (Å²) in [6.45, 7) is 9.79. The summed E-state index contributed by atoms with van der Waals surface area (Å²) in [5.74, 6) is 1.13. The van der Waals surface area contributed by atoms with E-state index in [1.807, 2.05) is 0 Å². The number of carbonyl (C=O) groups excluding carboxylic acids is 1. The van der Waals surface area contributed by atoms with Gasteiger partial charge in [-0.15, -0.1) is 0 Å². The number of carbonyl (C=O) groups is 1. The minimum atomic E-state index is -0.511. The molecule has 2 spiro atoms. The quantitative estimate of drug-likeness (QED) is 0.609. The molecule has 29 heavy (non-hydrogen) atoms. The predicted molar refractivity (Wildman–Crippen MR) is 106 cm³/mol. The van der Waals surface area contributed by atoms with Gasteiger partial charge in [0.25, 0.3) is 0 Å². The van der Waals surface area contributed by atoms with Crippen molar-refractivity contribution in [3.05, 3.63) is 0 Å². The van der Waals surface area contributed by atoms with Gasteiger partial charge in [-0.25, -0.2) is 0 Å². The molecule has 6 atom stereocenters. The molecule has 0 aromatic heterocycles. The first kappa shape index (κ1) is 19.2. The zero-order valence-electron chi connectivity index (χ0n) is 18.3. The van der Waals surface area contributed by atoms with E-state index in [2.05, 4.69) is 20.8 Å². The monoisotopic (exact) mass is 404 g/mol. The number of Topliss-reactive ketones (excluding diaryl/α,β-unsaturated/α-hetero) is 1. The molecular formula is C24H36O5. The van der Waals surface area contributed by atoms with Crippen molar-refractivity contribution in [2.45, 2.75) is 83.7 Å². The lowest BCUT2D eigenvalue weighted by atomic mass is 9.39. The summed E-state index contributed by atoms with van der Waals surface area (Å²) in [6.07, 6.45) is 7.85. The first-order chi connectivity index (χ1) is 13.8. The topological polar surface area (TPSA) is 54.0 Å². The molecule has 6 unspecified atom stereocenters. The van der Waals surface area contributed by atoms with Crippen LogP contribution in [0.25, 0.3) is 0 Å². The lowest BCUT2D eigenvalue weighted by molar-refractivity contribution is -0.266. The Labute approximate surface area is 174 Å². The second-order valence-corrected chi connectivity index (χ2v) is 11.5. The van der Waals surface area contributed by atoms with Crippen molar-refractivity contribution in [1.29, 1.82) is 0 Å². The van der Waals surface area contributed by atoms with Gasteiger partial charge in [0.05, 0.1) is 26.4 Å². The highest BCUT2D eigenvalue weighted by atomic mass is 16.7. The van der Waals surface area contributed by atoms with E-state index < -0.39 is 11.6 Å². The fourth-order valence-corrected chi connectivity index (χ4v) is 9.00. The Morgan fingerprint density at radius 3 is 2.10 bits per heavy atom. The smallest absolute Gasteiger partial charge is 0.174 e. The molecule has 2 saturated heterocycles. The minimum Gasteiger partial charge on any atom is -0.347 e. The normalized spacial score (nSPS) is 52.5. The van der Waals surface area contributed by atoms with Gasteiger partial charge >= 0.3 is 0 Å². The van der Waals surface area contributed by atoms with Gasteiger partial charge in [0.2, 0.25) is 0 Å². The van der Waals surface area contributed by atoms with E-state index >= 15 is 0 Å². The van der Waals surface area contributed by atoms with Gasteiger partial charge in [0.15, 0.2) is 11.6 Å². The fourth-order valence-electron chi connectivity index (χ4n) is 9.00. The first-order valence-corrected chi connectivity index (χ1v) is 11.9. The van der Waals surface area contributed by atoms with Crippen molar-refractivity contribution in [3.63, 3.8) is 0 Å². The van der Waals surface area contributed by atoms with E-state index in [1.165, 1.54) is 6.42 Å². The number of rotatable bonds is 0. The third kappa shape index (κ3) is 2.19. The molecule has 0 aromatic carbocycles. The Kier molecular flexibility index (Phi) is 3.87. The van der Waals surface area contributed by atoms with Crippen molar-refractivity contribution < 1.29 is 23.7 Å². The summed E-state index contributed by atoms with van der Waals surface area (Å²) >= 11 is 0. The molecule has 4 saturated carbocycles. The molecule has 6 rings (SSSR count). The van der Waals surface area contributed by atoms with Crippen LogP contribution in [0.1, 0.15) is 72.1 Å². The number of fused-ring (bicyclic) bond motifs is 6. The predicted octanol–water partition coefficient (Wildman–Crippen LogP) is 4.08. The summed E-state index contributed by atoms with van der Waals surface area (Å²) in [4.78, 5) is 13.8. The Morgan fingerprint density at radius 1 is 0.759 bits per heavy atom. The van der Waals surface area contributed by atoms with Crippen LogP contribution in [0.15, 0.2) is 0 Å². The second kappa shape index (κ2) is 5.85. The van der Waals surface area contributed by atoms with E-state index in [1.54, 1.807) is 0 Å². The van der Waals surface area contributed by atoms with Gasteiger partial charge in [0, 0.05) is 36.5 Å². The first-order valence-electron chi connectivity index (χ1n) is 11.9. The molecule has 0 radical (unpaired) electrons. The number of ketones is 1. The van der Waals surface area contributed by atoms with Crippen LogP contribution in [0.4, 0.5) is 0 Å². The van der Waals surface area contributed by atoms with E-state index in [0.29, 0.717) is 56.4 Å². The largest absolute Gasteiger partial charge is 0.347 e. The highest BCUT2D eigenvalue weighted by molar-refractivity contribution is 5.87. The van der Waals surface area contributed by atoms with Gasteiger partial charge in [-0.1, -0.05) is 20.8 Å². The van der Waals surface area contributed by atoms with E-state index in [4.69, 9.17) is 18.9 Å². The summed E-state index contributed by atoms with van der Waals surface area (Å²) in [7, 11) is 0. The van der Waals surface area contributed by atoms with Crippen LogP contribution in [-0.4, -0.2) is 43.8 Å². The molecule has 6 aliphatic rings. The fraction of sp³-hybridized carbons (Fsp3) is 0.958. The minimum absolute atomic E-state index is 0.0298.